The number of hydrogen-bond donors (Lipinski definition) is 1. The minimum Gasteiger partial charge on any atom is -0.478 e. The van der Waals surface area contributed by atoms with Gasteiger partial charge < -0.3 is 14.7 Å². The van der Waals surface area contributed by atoms with Crippen LogP contribution in [0.15, 0.2) is 11.1 Å². The van der Waals surface area contributed by atoms with E-state index in [1.807, 2.05) is 0 Å². The Kier molecular flexibility index (Phi) is 4.47. The fourth-order valence-electron chi connectivity index (χ4n) is 1.86. The summed E-state index contributed by atoms with van der Waals surface area (Å²) < 4.78 is 4.63. The van der Waals surface area contributed by atoms with E-state index in [1.54, 1.807) is 0 Å². The molecule has 1 saturated heterocycles. The summed E-state index contributed by atoms with van der Waals surface area (Å²) in [4.78, 5) is 35.6. The van der Waals surface area contributed by atoms with Crippen LogP contribution in [0.4, 0.5) is 0 Å². The van der Waals surface area contributed by atoms with Crippen LogP contribution in [0.2, 0.25) is 0 Å². The first-order valence-corrected chi connectivity index (χ1v) is 5.66. The van der Waals surface area contributed by atoms with Gasteiger partial charge in [0.1, 0.15) is 0 Å². The fraction of sp³-hybridized carbons (Fsp3) is 0.583. The van der Waals surface area contributed by atoms with E-state index in [1.165, 1.54) is 25.9 Å². The van der Waals surface area contributed by atoms with Gasteiger partial charge in [-0.25, -0.2) is 4.79 Å². The first-order valence-electron chi connectivity index (χ1n) is 5.66. The van der Waals surface area contributed by atoms with Crippen LogP contribution in [0, 0.1) is 5.92 Å². The van der Waals surface area contributed by atoms with Crippen LogP contribution in [-0.2, 0) is 19.1 Å². The van der Waals surface area contributed by atoms with Gasteiger partial charge in [-0.05, 0) is 20.3 Å². The van der Waals surface area contributed by atoms with Gasteiger partial charge in [-0.3, -0.25) is 9.59 Å². The van der Waals surface area contributed by atoms with Gasteiger partial charge in [-0.1, -0.05) is 0 Å². The van der Waals surface area contributed by atoms with Gasteiger partial charge in [0.05, 0.1) is 13.0 Å². The van der Waals surface area contributed by atoms with Crippen LogP contribution >= 0.6 is 0 Å². The smallest absolute Gasteiger partial charge is 0.331 e. The zero-order valence-electron chi connectivity index (χ0n) is 10.7. The van der Waals surface area contributed by atoms with Gasteiger partial charge in [0.25, 0.3) is 0 Å². The van der Waals surface area contributed by atoms with Crippen LogP contribution in [0.1, 0.15) is 20.3 Å². The Morgan fingerprint density at radius 1 is 1.22 bits per heavy atom. The average molecular weight is 255 g/mol. The molecule has 6 heteroatoms. The van der Waals surface area contributed by atoms with Crippen molar-refractivity contribution in [3.05, 3.63) is 11.1 Å². The maximum absolute atomic E-state index is 12.0. The SMILES string of the molecule is COC(=O)C1CCN(C(=O)C(C)=C(C)C(=O)O)C1. The highest BCUT2D eigenvalue weighted by Gasteiger charge is 2.32. The maximum atomic E-state index is 12.0. The lowest BCUT2D eigenvalue weighted by Crippen LogP contribution is -2.31. The summed E-state index contributed by atoms with van der Waals surface area (Å²) >= 11 is 0. The normalized spacial score (nSPS) is 20.4. The predicted octanol–water partition coefficient (Wildman–Crippen LogP) is 0.429. The van der Waals surface area contributed by atoms with Crippen molar-refractivity contribution in [1.29, 1.82) is 0 Å². The van der Waals surface area contributed by atoms with Crippen molar-refractivity contribution in [2.24, 2.45) is 5.92 Å². The quantitative estimate of drug-likeness (QED) is 0.584. The Morgan fingerprint density at radius 2 is 1.83 bits per heavy atom. The number of hydrogen-bond acceptors (Lipinski definition) is 4. The van der Waals surface area contributed by atoms with Gasteiger partial charge in [-0.2, -0.15) is 0 Å². The van der Waals surface area contributed by atoms with Gasteiger partial charge in [0, 0.05) is 24.2 Å². The van der Waals surface area contributed by atoms with Crippen molar-refractivity contribution < 1.29 is 24.2 Å². The highest BCUT2D eigenvalue weighted by molar-refractivity contribution is 6.01. The summed E-state index contributed by atoms with van der Waals surface area (Å²) in [5, 5.41) is 8.82. The molecule has 0 aromatic rings. The Hall–Kier alpha value is -1.85. The second-order valence-electron chi connectivity index (χ2n) is 4.32. The number of esters is 1. The molecule has 1 fully saturated rings. The number of ether oxygens (including phenoxy) is 1. The van der Waals surface area contributed by atoms with Crippen LogP contribution in [0.3, 0.4) is 0 Å². The van der Waals surface area contributed by atoms with Crippen LogP contribution in [-0.4, -0.2) is 48.1 Å². The minimum absolute atomic E-state index is 0.0292. The number of likely N-dealkylation sites (tertiary alicyclic amines) is 1. The van der Waals surface area contributed by atoms with Crippen molar-refractivity contribution in [2.75, 3.05) is 20.2 Å². The van der Waals surface area contributed by atoms with Crippen molar-refractivity contribution in [3.63, 3.8) is 0 Å². The highest BCUT2D eigenvalue weighted by atomic mass is 16.5. The third kappa shape index (κ3) is 2.88. The van der Waals surface area contributed by atoms with Crippen molar-refractivity contribution >= 4 is 17.8 Å². The van der Waals surface area contributed by atoms with E-state index in [2.05, 4.69) is 4.74 Å². The molecule has 0 aromatic heterocycles. The predicted molar refractivity (Wildman–Crippen MR) is 62.7 cm³/mol. The number of carbonyl (C=O) groups excluding carboxylic acids is 2. The minimum atomic E-state index is -1.11. The molecule has 1 heterocycles. The summed E-state index contributed by atoms with van der Waals surface area (Å²) in [6, 6.07) is 0. The second kappa shape index (κ2) is 5.66. The highest BCUT2D eigenvalue weighted by Crippen LogP contribution is 2.20. The molecule has 1 N–H and O–H groups in total. The molecule has 1 aliphatic heterocycles. The molecular weight excluding hydrogens is 238 g/mol. The van der Waals surface area contributed by atoms with Crippen LogP contribution in [0.25, 0.3) is 0 Å². The van der Waals surface area contributed by atoms with Gasteiger partial charge in [-0.15, -0.1) is 0 Å². The molecule has 6 nitrogen and oxygen atoms in total. The maximum Gasteiger partial charge on any atom is 0.331 e. The Bertz CT molecular complexity index is 413. The van der Waals surface area contributed by atoms with Crippen LogP contribution in [0.5, 0.6) is 0 Å². The molecule has 0 aliphatic carbocycles. The largest absolute Gasteiger partial charge is 0.478 e. The van der Waals surface area contributed by atoms with Gasteiger partial charge >= 0.3 is 11.9 Å². The monoisotopic (exact) mass is 255 g/mol. The molecule has 0 radical (unpaired) electrons. The number of methoxy groups -OCH3 is 1. The number of amides is 1. The Balaban J connectivity index is 2.74. The zero-order valence-corrected chi connectivity index (χ0v) is 10.7. The first kappa shape index (κ1) is 14.2. The molecular formula is C12H17NO5. The third-order valence-corrected chi connectivity index (χ3v) is 3.21. The molecule has 0 bridgehead atoms. The number of nitrogens with zero attached hydrogens (tertiary/aromatic N) is 1. The number of carboxylic acids is 1. The van der Waals surface area contributed by atoms with E-state index in [9.17, 15) is 14.4 Å². The number of carbonyl (C=O) groups is 3. The van der Waals surface area contributed by atoms with Crippen molar-refractivity contribution in [2.45, 2.75) is 20.3 Å². The van der Waals surface area contributed by atoms with Gasteiger partial charge in [0.15, 0.2) is 0 Å². The molecule has 1 atom stereocenters. The molecule has 0 saturated carbocycles. The lowest BCUT2D eigenvalue weighted by molar-refractivity contribution is -0.145. The summed E-state index contributed by atoms with van der Waals surface area (Å²) in [6.45, 7) is 3.61. The van der Waals surface area contributed by atoms with Gasteiger partial charge in [0.2, 0.25) is 5.91 Å². The van der Waals surface area contributed by atoms with E-state index >= 15 is 0 Å². The van der Waals surface area contributed by atoms with Crippen molar-refractivity contribution in [1.82, 2.24) is 4.90 Å². The molecule has 1 unspecified atom stereocenters. The lowest BCUT2D eigenvalue weighted by atomic mass is 10.1. The van der Waals surface area contributed by atoms with Crippen LogP contribution < -0.4 is 0 Å². The van der Waals surface area contributed by atoms with E-state index < -0.39 is 5.97 Å². The zero-order chi connectivity index (χ0) is 13.9. The fourth-order valence-corrected chi connectivity index (χ4v) is 1.86. The molecule has 1 amide bonds. The standard InChI is InChI=1S/C12H17NO5/c1-7(8(2)11(15)16)10(14)13-5-4-9(6-13)12(17)18-3/h9H,4-6H2,1-3H3,(H,15,16). The molecule has 0 aromatic carbocycles. The Labute approximate surface area is 105 Å². The second-order valence-corrected chi connectivity index (χ2v) is 4.32. The molecule has 100 valence electrons. The molecule has 1 aliphatic rings. The third-order valence-electron chi connectivity index (χ3n) is 3.21. The topological polar surface area (TPSA) is 83.9 Å². The summed E-state index contributed by atoms with van der Waals surface area (Å²) in [5.74, 6) is -2.08. The average Bonchev–Trinajstić information content (AvgIpc) is 2.84. The number of rotatable bonds is 3. The number of aliphatic carboxylic acids is 1. The first-order chi connectivity index (χ1) is 8.38. The lowest BCUT2D eigenvalue weighted by Gasteiger charge is -2.17. The Morgan fingerprint density at radius 3 is 2.33 bits per heavy atom. The summed E-state index contributed by atoms with van der Waals surface area (Å²) in [5.41, 5.74) is 0.231. The summed E-state index contributed by atoms with van der Waals surface area (Å²) in [6.07, 6.45) is 0.553. The van der Waals surface area contributed by atoms with E-state index in [0.717, 1.165) is 0 Å². The van der Waals surface area contributed by atoms with E-state index in [4.69, 9.17) is 5.11 Å². The molecule has 0 spiro atoms. The van der Waals surface area contributed by atoms with Crippen molar-refractivity contribution in [3.8, 4) is 0 Å². The van der Waals surface area contributed by atoms with E-state index in [0.29, 0.717) is 13.0 Å². The molecule has 1 rings (SSSR count). The molecule has 18 heavy (non-hydrogen) atoms. The van der Waals surface area contributed by atoms with E-state index in [-0.39, 0.29) is 35.5 Å². The number of carboxylic acid groups (broad SMARTS) is 1. The summed E-state index contributed by atoms with van der Waals surface area (Å²) in [7, 11) is 1.31.